The lowest BCUT2D eigenvalue weighted by atomic mass is 9.93. The molecule has 2 aliphatic rings. The summed E-state index contributed by atoms with van der Waals surface area (Å²) in [4.78, 5) is 5.04. The van der Waals surface area contributed by atoms with Gasteiger partial charge in [0, 0.05) is 13.1 Å². The highest BCUT2D eigenvalue weighted by molar-refractivity contribution is 4.96. The zero-order valence-corrected chi connectivity index (χ0v) is 12.5. The average Bonchev–Trinajstić information content (AvgIpc) is 3.08. The second-order valence-corrected chi connectivity index (χ2v) is 6.80. The largest absolute Gasteiger partial charge is 0.319 e. The number of piperidine rings is 1. The van der Waals surface area contributed by atoms with Crippen LogP contribution >= 0.6 is 0 Å². The SMILES string of the molecule is CNCC1(CN(C)CCC2CCN(C)CC2)CC1. The molecule has 1 N–H and O–H groups in total. The number of hydrogen-bond acceptors (Lipinski definition) is 3. The Morgan fingerprint density at radius 1 is 1.28 bits per heavy atom. The molecule has 106 valence electrons. The number of likely N-dealkylation sites (tertiary alicyclic amines) is 1. The van der Waals surface area contributed by atoms with Crippen molar-refractivity contribution in [3.05, 3.63) is 0 Å². The molecule has 0 bridgehead atoms. The molecule has 1 saturated heterocycles. The van der Waals surface area contributed by atoms with Gasteiger partial charge in [0.25, 0.3) is 0 Å². The molecule has 1 aliphatic carbocycles. The third-order valence-electron chi connectivity index (χ3n) is 4.87. The van der Waals surface area contributed by atoms with E-state index in [4.69, 9.17) is 0 Å². The molecular weight excluding hydrogens is 222 g/mol. The van der Waals surface area contributed by atoms with Crippen LogP contribution in [0.15, 0.2) is 0 Å². The first kappa shape index (κ1) is 14.3. The van der Waals surface area contributed by atoms with Crippen molar-refractivity contribution in [2.45, 2.75) is 32.1 Å². The molecule has 3 nitrogen and oxygen atoms in total. The van der Waals surface area contributed by atoms with Gasteiger partial charge in [-0.3, -0.25) is 0 Å². The summed E-state index contributed by atoms with van der Waals surface area (Å²) in [6, 6.07) is 0. The Balaban J connectivity index is 1.61. The summed E-state index contributed by atoms with van der Waals surface area (Å²) in [6.45, 7) is 6.39. The maximum atomic E-state index is 3.35. The third-order valence-corrected chi connectivity index (χ3v) is 4.87. The molecule has 1 saturated carbocycles. The van der Waals surface area contributed by atoms with Gasteiger partial charge in [0.15, 0.2) is 0 Å². The van der Waals surface area contributed by atoms with Crippen LogP contribution in [-0.2, 0) is 0 Å². The molecule has 0 unspecified atom stereocenters. The number of nitrogens with one attached hydrogen (secondary N) is 1. The van der Waals surface area contributed by atoms with E-state index in [1.54, 1.807) is 0 Å². The molecule has 1 aliphatic heterocycles. The van der Waals surface area contributed by atoms with Crippen molar-refractivity contribution in [3.63, 3.8) is 0 Å². The van der Waals surface area contributed by atoms with Crippen LogP contribution in [0.25, 0.3) is 0 Å². The molecule has 1 heterocycles. The number of hydrogen-bond donors (Lipinski definition) is 1. The predicted octanol–water partition coefficient (Wildman–Crippen LogP) is 1.65. The molecule has 18 heavy (non-hydrogen) atoms. The summed E-state index contributed by atoms with van der Waals surface area (Å²) in [5.41, 5.74) is 0.621. The Hall–Kier alpha value is -0.120. The van der Waals surface area contributed by atoms with Crippen LogP contribution in [0, 0.1) is 11.3 Å². The Kier molecular flexibility index (Phi) is 5.05. The van der Waals surface area contributed by atoms with E-state index in [1.807, 2.05) is 0 Å². The lowest BCUT2D eigenvalue weighted by Crippen LogP contribution is -2.35. The van der Waals surface area contributed by atoms with Gasteiger partial charge in [-0.15, -0.1) is 0 Å². The van der Waals surface area contributed by atoms with Crippen molar-refractivity contribution in [3.8, 4) is 0 Å². The Labute approximate surface area is 113 Å². The van der Waals surface area contributed by atoms with Crippen molar-refractivity contribution >= 4 is 0 Å². The van der Waals surface area contributed by atoms with Crippen LogP contribution in [0.3, 0.4) is 0 Å². The van der Waals surface area contributed by atoms with Crippen molar-refractivity contribution in [2.75, 3.05) is 53.9 Å². The fourth-order valence-corrected chi connectivity index (χ4v) is 3.35. The monoisotopic (exact) mass is 253 g/mol. The molecule has 3 heteroatoms. The summed E-state index contributed by atoms with van der Waals surface area (Å²) >= 11 is 0. The molecular formula is C15H31N3. The minimum Gasteiger partial charge on any atom is -0.319 e. The van der Waals surface area contributed by atoms with Crippen LogP contribution in [0.2, 0.25) is 0 Å². The van der Waals surface area contributed by atoms with Gasteiger partial charge in [-0.2, -0.15) is 0 Å². The Bertz CT molecular complexity index is 242. The Morgan fingerprint density at radius 2 is 1.94 bits per heavy atom. The smallest absolute Gasteiger partial charge is 0.00471 e. The molecule has 2 fully saturated rings. The molecule has 0 radical (unpaired) electrons. The minimum atomic E-state index is 0.621. The molecule has 2 rings (SSSR count). The highest BCUT2D eigenvalue weighted by atomic mass is 15.1. The van der Waals surface area contributed by atoms with Gasteiger partial charge in [-0.25, -0.2) is 0 Å². The van der Waals surface area contributed by atoms with Crippen molar-refractivity contribution in [2.24, 2.45) is 11.3 Å². The molecule has 0 aromatic heterocycles. The quantitative estimate of drug-likeness (QED) is 0.744. The van der Waals surface area contributed by atoms with Gasteiger partial charge in [0.05, 0.1) is 0 Å². The van der Waals surface area contributed by atoms with Crippen LogP contribution < -0.4 is 5.32 Å². The van der Waals surface area contributed by atoms with Gasteiger partial charge in [-0.1, -0.05) is 0 Å². The van der Waals surface area contributed by atoms with E-state index < -0.39 is 0 Å². The van der Waals surface area contributed by atoms with E-state index >= 15 is 0 Å². The van der Waals surface area contributed by atoms with E-state index in [1.165, 1.54) is 64.8 Å². The minimum absolute atomic E-state index is 0.621. The highest BCUT2D eigenvalue weighted by Gasteiger charge is 2.42. The van der Waals surface area contributed by atoms with Crippen LogP contribution in [0.4, 0.5) is 0 Å². The molecule has 0 aromatic carbocycles. The van der Waals surface area contributed by atoms with E-state index in [9.17, 15) is 0 Å². The second kappa shape index (κ2) is 6.36. The summed E-state index contributed by atoms with van der Waals surface area (Å²) < 4.78 is 0. The van der Waals surface area contributed by atoms with Crippen molar-refractivity contribution in [1.29, 1.82) is 0 Å². The number of nitrogens with zero attached hydrogens (tertiary/aromatic N) is 2. The summed E-state index contributed by atoms with van der Waals surface area (Å²) in [6.07, 6.45) is 7.07. The third kappa shape index (κ3) is 4.22. The fourth-order valence-electron chi connectivity index (χ4n) is 3.35. The maximum Gasteiger partial charge on any atom is 0.00471 e. The first-order chi connectivity index (χ1) is 8.63. The average molecular weight is 253 g/mol. The van der Waals surface area contributed by atoms with Gasteiger partial charge in [-0.05, 0) is 84.2 Å². The van der Waals surface area contributed by atoms with E-state index in [-0.39, 0.29) is 0 Å². The molecule has 0 spiro atoms. The van der Waals surface area contributed by atoms with Crippen LogP contribution in [0.1, 0.15) is 32.1 Å². The summed E-state index contributed by atoms with van der Waals surface area (Å²) in [5, 5.41) is 3.35. The van der Waals surface area contributed by atoms with Gasteiger partial charge in [0.2, 0.25) is 0 Å². The fraction of sp³-hybridized carbons (Fsp3) is 1.00. The van der Waals surface area contributed by atoms with Gasteiger partial charge < -0.3 is 15.1 Å². The van der Waals surface area contributed by atoms with Crippen LogP contribution in [-0.4, -0.2) is 63.7 Å². The predicted molar refractivity (Wildman–Crippen MR) is 77.9 cm³/mol. The topological polar surface area (TPSA) is 18.5 Å². The maximum absolute atomic E-state index is 3.35. The van der Waals surface area contributed by atoms with Crippen molar-refractivity contribution < 1.29 is 0 Å². The molecule has 0 amide bonds. The summed E-state index contributed by atoms with van der Waals surface area (Å²) in [5.74, 6) is 0.975. The molecule has 0 atom stereocenters. The van der Waals surface area contributed by atoms with E-state index in [2.05, 4.69) is 36.3 Å². The zero-order chi connectivity index (χ0) is 13.0. The highest BCUT2D eigenvalue weighted by Crippen LogP contribution is 2.45. The first-order valence-electron chi connectivity index (χ1n) is 7.65. The lowest BCUT2D eigenvalue weighted by Gasteiger charge is -2.31. The molecule has 0 aromatic rings. The number of rotatable bonds is 7. The lowest BCUT2D eigenvalue weighted by molar-refractivity contribution is 0.186. The van der Waals surface area contributed by atoms with Gasteiger partial charge >= 0.3 is 0 Å². The normalized spacial score (nSPS) is 24.7. The van der Waals surface area contributed by atoms with E-state index in [0.29, 0.717) is 5.41 Å². The van der Waals surface area contributed by atoms with Crippen molar-refractivity contribution in [1.82, 2.24) is 15.1 Å². The zero-order valence-electron chi connectivity index (χ0n) is 12.5. The van der Waals surface area contributed by atoms with E-state index in [0.717, 1.165) is 5.92 Å². The summed E-state index contributed by atoms with van der Waals surface area (Å²) in [7, 11) is 6.64. The van der Waals surface area contributed by atoms with Crippen LogP contribution in [0.5, 0.6) is 0 Å². The first-order valence-corrected chi connectivity index (χ1v) is 7.65. The Morgan fingerprint density at radius 3 is 2.50 bits per heavy atom. The second-order valence-electron chi connectivity index (χ2n) is 6.80. The van der Waals surface area contributed by atoms with Gasteiger partial charge in [0.1, 0.15) is 0 Å². The standard InChI is InChI=1S/C15H31N3/c1-16-12-15(7-8-15)13-18(3)11-6-14-4-9-17(2)10-5-14/h14,16H,4-13H2,1-3H3.